The van der Waals surface area contributed by atoms with Gasteiger partial charge in [-0.2, -0.15) is 0 Å². The van der Waals surface area contributed by atoms with Gasteiger partial charge in [0.1, 0.15) is 6.61 Å². The largest absolute Gasteiger partial charge is 0.377 e. The molecule has 2 unspecified atom stereocenters. The summed E-state index contributed by atoms with van der Waals surface area (Å²) in [4.78, 5) is 11.7. The molecule has 136 valence electrons. The van der Waals surface area contributed by atoms with Crippen LogP contribution in [0.15, 0.2) is 30.3 Å². The van der Waals surface area contributed by atoms with Gasteiger partial charge in [0.05, 0.1) is 30.9 Å². The molecule has 2 saturated heterocycles. The number of amides is 1. The van der Waals surface area contributed by atoms with Crippen molar-refractivity contribution in [2.24, 2.45) is 0 Å². The molecular weight excluding hydrogens is 316 g/mol. The highest BCUT2D eigenvalue weighted by atomic mass is 16.5. The van der Waals surface area contributed by atoms with Gasteiger partial charge in [-0.25, -0.2) is 0 Å². The van der Waals surface area contributed by atoms with Crippen LogP contribution in [0.2, 0.25) is 0 Å². The summed E-state index contributed by atoms with van der Waals surface area (Å²) in [5.41, 5.74) is 1.18. The first-order valence-electron chi connectivity index (χ1n) is 9.54. The van der Waals surface area contributed by atoms with E-state index >= 15 is 0 Å². The number of nitrogens with one attached hydrogen (secondary N) is 2. The lowest BCUT2D eigenvalue weighted by atomic mass is 9.82. The number of hydrogen-bond donors (Lipinski definition) is 2. The predicted molar refractivity (Wildman–Crippen MR) is 95.5 cm³/mol. The summed E-state index contributed by atoms with van der Waals surface area (Å²) in [7, 11) is 0. The van der Waals surface area contributed by atoms with Crippen LogP contribution >= 0.6 is 0 Å². The maximum absolute atomic E-state index is 11.7. The molecule has 3 aliphatic rings. The van der Waals surface area contributed by atoms with E-state index in [1.807, 2.05) is 0 Å². The van der Waals surface area contributed by atoms with Crippen LogP contribution < -0.4 is 10.6 Å². The predicted octanol–water partition coefficient (Wildman–Crippen LogP) is 1.98. The van der Waals surface area contributed by atoms with Gasteiger partial charge in [-0.3, -0.25) is 4.79 Å². The lowest BCUT2D eigenvalue weighted by Gasteiger charge is -2.39. The second-order valence-corrected chi connectivity index (χ2v) is 7.67. The number of rotatable bonds is 4. The minimum absolute atomic E-state index is 0.0108. The number of hydrogen-bond acceptors (Lipinski definition) is 4. The molecule has 1 spiro atoms. The Labute approximate surface area is 149 Å². The molecule has 1 saturated carbocycles. The van der Waals surface area contributed by atoms with Gasteiger partial charge >= 0.3 is 0 Å². The van der Waals surface area contributed by atoms with Crippen molar-refractivity contribution in [3.8, 4) is 0 Å². The first-order valence-corrected chi connectivity index (χ1v) is 9.54. The third-order valence-corrected chi connectivity index (χ3v) is 6.05. The fourth-order valence-corrected chi connectivity index (χ4v) is 4.58. The van der Waals surface area contributed by atoms with Crippen LogP contribution in [0.25, 0.3) is 0 Å². The molecule has 2 N–H and O–H groups in total. The molecular formula is C20H28N2O3. The molecule has 4 rings (SSSR count). The topological polar surface area (TPSA) is 59.6 Å². The number of carbonyl (C=O) groups is 1. The highest BCUT2D eigenvalue weighted by Gasteiger charge is 2.46. The van der Waals surface area contributed by atoms with Crippen LogP contribution in [0, 0.1) is 0 Å². The standard InChI is InChI=1S/C20H28N2O3/c23-19-13-24-14-20(22-19)10-11-21-18(20)12-25-17-8-6-16(7-9-17)15-4-2-1-3-5-15/h1-5,16-18,21H,6-14H2,(H,22,23)/t16-,17+,18?,20?. The molecule has 0 aromatic heterocycles. The lowest BCUT2D eigenvalue weighted by Crippen LogP contribution is -2.64. The normalized spacial score (nSPS) is 35.7. The molecule has 1 aliphatic carbocycles. The van der Waals surface area contributed by atoms with Crippen LogP contribution in [0.3, 0.4) is 0 Å². The monoisotopic (exact) mass is 344 g/mol. The maximum Gasteiger partial charge on any atom is 0.246 e. The van der Waals surface area contributed by atoms with E-state index in [4.69, 9.17) is 9.47 Å². The SMILES string of the molecule is O=C1COCC2(CCNC2CO[C@H]2CC[C@@H](c3ccccc3)CC2)N1. The molecule has 2 atom stereocenters. The second kappa shape index (κ2) is 7.44. The summed E-state index contributed by atoms with van der Waals surface area (Å²) in [6, 6.07) is 11.0. The third-order valence-electron chi connectivity index (χ3n) is 6.05. The lowest BCUT2D eigenvalue weighted by molar-refractivity contribution is -0.136. The van der Waals surface area contributed by atoms with Gasteiger partial charge in [-0.05, 0) is 50.1 Å². The Hall–Kier alpha value is -1.43. The highest BCUT2D eigenvalue weighted by Crippen LogP contribution is 2.34. The fraction of sp³-hybridized carbons (Fsp3) is 0.650. The van der Waals surface area contributed by atoms with Crippen LogP contribution in [0.4, 0.5) is 0 Å². The zero-order valence-electron chi connectivity index (χ0n) is 14.7. The van der Waals surface area contributed by atoms with E-state index in [9.17, 15) is 4.79 Å². The highest BCUT2D eigenvalue weighted by molar-refractivity contribution is 5.79. The fourth-order valence-electron chi connectivity index (χ4n) is 4.58. The molecule has 5 nitrogen and oxygen atoms in total. The average Bonchev–Trinajstić information content (AvgIpc) is 3.02. The summed E-state index contributed by atoms with van der Waals surface area (Å²) in [6.07, 6.45) is 5.85. The maximum atomic E-state index is 11.7. The van der Waals surface area contributed by atoms with Gasteiger partial charge in [-0.15, -0.1) is 0 Å². The number of ether oxygens (including phenoxy) is 2. The van der Waals surface area contributed by atoms with Gasteiger partial charge in [0.2, 0.25) is 5.91 Å². The Kier molecular flexibility index (Phi) is 5.06. The smallest absolute Gasteiger partial charge is 0.246 e. The van der Waals surface area contributed by atoms with Crippen molar-refractivity contribution < 1.29 is 14.3 Å². The third kappa shape index (κ3) is 3.73. The van der Waals surface area contributed by atoms with Crippen LogP contribution in [-0.2, 0) is 14.3 Å². The zero-order chi connectivity index (χ0) is 17.1. The minimum atomic E-state index is -0.281. The van der Waals surface area contributed by atoms with Crippen molar-refractivity contribution in [2.75, 3.05) is 26.4 Å². The van der Waals surface area contributed by atoms with Crippen molar-refractivity contribution in [1.82, 2.24) is 10.6 Å². The van der Waals surface area contributed by atoms with E-state index in [-0.39, 0.29) is 24.1 Å². The molecule has 2 aliphatic heterocycles. The van der Waals surface area contributed by atoms with Crippen LogP contribution in [-0.4, -0.2) is 50.0 Å². The first kappa shape index (κ1) is 17.0. The Morgan fingerprint density at radius 1 is 1.16 bits per heavy atom. The zero-order valence-corrected chi connectivity index (χ0v) is 14.7. The Bertz CT molecular complexity index is 586. The van der Waals surface area contributed by atoms with Gasteiger partial charge in [0, 0.05) is 0 Å². The summed E-state index contributed by atoms with van der Waals surface area (Å²) in [5, 5.41) is 6.64. The van der Waals surface area contributed by atoms with Gasteiger partial charge in [0.25, 0.3) is 0 Å². The molecule has 1 aromatic carbocycles. The molecule has 5 heteroatoms. The molecule has 1 amide bonds. The minimum Gasteiger partial charge on any atom is -0.377 e. The second-order valence-electron chi connectivity index (χ2n) is 7.67. The molecule has 2 heterocycles. The summed E-state index contributed by atoms with van der Waals surface area (Å²) in [6.45, 7) is 2.31. The van der Waals surface area contributed by atoms with Crippen molar-refractivity contribution in [3.63, 3.8) is 0 Å². The molecule has 25 heavy (non-hydrogen) atoms. The molecule has 3 fully saturated rings. The van der Waals surface area contributed by atoms with Gasteiger partial charge < -0.3 is 20.1 Å². The Morgan fingerprint density at radius 2 is 1.96 bits per heavy atom. The Balaban J connectivity index is 1.27. The molecule has 0 bridgehead atoms. The molecule has 0 radical (unpaired) electrons. The number of morpholine rings is 1. The average molecular weight is 344 g/mol. The van der Waals surface area contributed by atoms with Crippen molar-refractivity contribution >= 4 is 5.91 Å². The summed E-state index contributed by atoms with van der Waals surface area (Å²) < 4.78 is 11.7. The van der Waals surface area contributed by atoms with Crippen molar-refractivity contribution in [3.05, 3.63) is 35.9 Å². The van der Waals surface area contributed by atoms with Gasteiger partial charge in [0.15, 0.2) is 0 Å². The van der Waals surface area contributed by atoms with Crippen LogP contribution in [0.1, 0.15) is 43.6 Å². The van der Waals surface area contributed by atoms with E-state index in [1.165, 1.54) is 18.4 Å². The van der Waals surface area contributed by atoms with E-state index in [0.29, 0.717) is 25.2 Å². The van der Waals surface area contributed by atoms with Gasteiger partial charge in [-0.1, -0.05) is 30.3 Å². The summed E-state index contributed by atoms with van der Waals surface area (Å²) in [5.74, 6) is 0.659. The number of carbonyl (C=O) groups excluding carboxylic acids is 1. The van der Waals surface area contributed by atoms with Crippen molar-refractivity contribution in [2.45, 2.75) is 55.7 Å². The van der Waals surface area contributed by atoms with E-state index < -0.39 is 0 Å². The van der Waals surface area contributed by atoms with Crippen LogP contribution in [0.5, 0.6) is 0 Å². The van der Waals surface area contributed by atoms with E-state index in [1.54, 1.807) is 0 Å². The van der Waals surface area contributed by atoms with E-state index in [0.717, 1.165) is 25.8 Å². The van der Waals surface area contributed by atoms with E-state index in [2.05, 4.69) is 41.0 Å². The quantitative estimate of drug-likeness (QED) is 0.877. The molecule has 1 aromatic rings. The Morgan fingerprint density at radius 3 is 2.72 bits per heavy atom. The first-order chi connectivity index (χ1) is 12.3. The number of benzene rings is 1. The van der Waals surface area contributed by atoms with Crippen molar-refractivity contribution in [1.29, 1.82) is 0 Å². The summed E-state index contributed by atoms with van der Waals surface area (Å²) >= 11 is 0.